The first-order chi connectivity index (χ1) is 8.54. The topological polar surface area (TPSA) is 29.4 Å². The molecule has 0 rings (SSSR count). The number of rotatable bonds is 10. The molecular formula is C16H25NO. The van der Waals surface area contributed by atoms with Crippen molar-refractivity contribution in [2.75, 3.05) is 0 Å². The van der Waals surface area contributed by atoms with Crippen LogP contribution in [-0.4, -0.2) is 12.6 Å². The Bertz CT molecular complexity index is 339. The summed E-state index contributed by atoms with van der Waals surface area (Å²) < 4.78 is 0. The number of aliphatic imine (C=N–C) groups is 1. The van der Waals surface area contributed by atoms with Crippen LogP contribution in [0.5, 0.6) is 0 Å². The van der Waals surface area contributed by atoms with Crippen LogP contribution in [0.1, 0.15) is 51.9 Å². The first-order valence-electron chi connectivity index (χ1n) is 6.62. The molecule has 0 aliphatic heterocycles. The minimum atomic E-state index is -0.413. The predicted molar refractivity (Wildman–Crippen MR) is 80.0 cm³/mol. The van der Waals surface area contributed by atoms with Crippen LogP contribution in [0.3, 0.4) is 0 Å². The molecule has 0 aromatic heterocycles. The predicted octanol–water partition coefficient (Wildman–Crippen LogP) is 4.63. The zero-order valence-electron chi connectivity index (χ0n) is 11.6. The van der Waals surface area contributed by atoms with Gasteiger partial charge in [0.1, 0.15) is 0 Å². The Morgan fingerprint density at radius 3 is 2.06 bits per heavy atom. The van der Waals surface area contributed by atoms with Gasteiger partial charge in [0.05, 0.1) is 0 Å². The van der Waals surface area contributed by atoms with Crippen molar-refractivity contribution in [3.63, 3.8) is 0 Å². The van der Waals surface area contributed by atoms with Gasteiger partial charge in [-0.2, -0.15) is 0 Å². The van der Waals surface area contributed by atoms with E-state index in [9.17, 15) is 4.79 Å². The summed E-state index contributed by atoms with van der Waals surface area (Å²) in [5.74, 6) is -0.413. The van der Waals surface area contributed by atoms with Gasteiger partial charge in [0.15, 0.2) is 0 Å². The molecule has 0 aliphatic rings. The lowest BCUT2D eigenvalue weighted by Gasteiger charge is -2.09. The monoisotopic (exact) mass is 247 g/mol. The van der Waals surface area contributed by atoms with Crippen LogP contribution < -0.4 is 0 Å². The van der Waals surface area contributed by atoms with Gasteiger partial charge >= 0.3 is 0 Å². The Labute approximate surface area is 111 Å². The maximum Gasteiger partial charge on any atom is 0.276 e. The first kappa shape index (κ1) is 16.6. The Morgan fingerprint density at radius 2 is 1.50 bits per heavy atom. The summed E-state index contributed by atoms with van der Waals surface area (Å²) in [5, 5.41) is 0. The maximum atomic E-state index is 11.3. The highest BCUT2D eigenvalue weighted by atomic mass is 16.1. The van der Waals surface area contributed by atoms with E-state index in [1.807, 2.05) is 0 Å². The van der Waals surface area contributed by atoms with E-state index in [1.54, 1.807) is 0 Å². The number of unbranched alkanes of at least 4 members (excludes halogenated alkanes) is 5. The molecule has 1 amide bonds. The second-order valence-corrected chi connectivity index (χ2v) is 4.54. The van der Waals surface area contributed by atoms with E-state index in [1.165, 1.54) is 32.1 Å². The molecule has 0 heterocycles. The van der Waals surface area contributed by atoms with E-state index in [0.717, 1.165) is 18.4 Å². The molecular weight excluding hydrogens is 222 g/mol. The van der Waals surface area contributed by atoms with E-state index in [4.69, 9.17) is 0 Å². The second-order valence-electron chi connectivity index (χ2n) is 4.54. The molecule has 0 saturated carbocycles. The molecule has 0 aromatic rings. The minimum absolute atomic E-state index is 0.306. The average molecular weight is 247 g/mol. The third-order valence-corrected chi connectivity index (χ3v) is 3.02. The second kappa shape index (κ2) is 9.58. The molecule has 0 radical (unpaired) electrons. The van der Waals surface area contributed by atoms with E-state index >= 15 is 0 Å². The summed E-state index contributed by atoms with van der Waals surface area (Å²) in [7, 11) is 0. The highest BCUT2D eigenvalue weighted by molar-refractivity contribution is 6.00. The van der Waals surface area contributed by atoms with Gasteiger partial charge < -0.3 is 0 Å². The van der Waals surface area contributed by atoms with Crippen molar-refractivity contribution in [2.24, 2.45) is 4.99 Å². The van der Waals surface area contributed by atoms with Crippen molar-refractivity contribution < 1.29 is 4.79 Å². The van der Waals surface area contributed by atoms with Crippen LogP contribution in [0.15, 0.2) is 41.4 Å². The van der Waals surface area contributed by atoms with Crippen LogP contribution in [0.2, 0.25) is 0 Å². The molecule has 18 heavy (non-hydrogen) atoms. The molecule has 0 spiro atoms. The molecule has 0 bridgehead atoms. The average Bonchev–Trinajstić information content (AvgIpc) is 2.39. The molecule has 0 atom stereocenters. The molecule has 2 nitrogen and oxygen atoms in total. The smallest absolute Gasteiger partial charge is 0.267 e. The van der Waals surface area contributed by atoms with Gasteiger partial charge in [-0.15, -0.1) is 0 Å². The van der Waals surface area contributed by atoms with Crippen molar-refractivity contribution in [3.05, 3.63) is 36.5 Å². The molecule has 0 unspecified atom stereocenters. The highest BCUT2D eigenvalue weighted by Gasteiger charge is 2.10. The Kier molecular flexibility index (Phi) is 8.81. The first-order valence-corrected chi connectivity index (χ1v) is 6.62. The largest absolute Gasteiger partial charge is 0.276 e. The summed E-state index contributed by atoms with van der Waals surface area (Å²) in [4.78, 5) is 14.6. The summed E-state index contributed by atoms with van der Waals surface area (Å²) in [6, 6.07) is 0. The van der Waals surface area contributed by atoms with E-state index in [2.05, 4.69) is 38.4 Å². The van der Waals surface area contributed by atoms with Gasteiger partial charge in [0.2, 0.25) is 0 Å². The minimum Gasteiger partial charge on any atom is -0.267 e. The number of allylic oxidation sites excluding steroid dienone is 1. The van der Waals surface area contributed by atoms with Crippen molar-refractivity contribution >= 4 is 12.6 Å². The maximum absolute atomic E-state index is 11.3. The molecule has 0 N–H and O–H groups in total. The van der Waals surface area contributed by atoms with Gasteiger partial charge in [-0.1, -0.05) is 58.8 Å². The summed E-state index contributed by atoms with van der Waals surface area (Å²) in [5.41, 5.74) is 1.80. The summed E-state index contributed by atoms with van der Waals surface area (Å²) >= 11 is 0. The lowest BCUT2D eigenvalue weighted by molar-refractivity contribution is -0.114. The lowest BCUT2D eigenvalue weighted by Crippen LogP contribution is -2.01. The third-order valence-electron chi connectivity index (χ3n) is 3.02. The molecule has 0 saturated heterocycles. The number of carbonyl (C=O) groups is 1. The molecule has 2 heteroatoms. The fourth-order valence-corrected chi connectivity index (χ4v) is 1.71. The zero-order chi connectivity index (χ0) is 14.0. The van der Waals surface area contributed by atoms with Gasteiger partial charge in [0, 0.05) is 5.57 Å². The van der Waals surface area contributed by atoms with E-state index in [0.29, 0.717) is 11.1 Å². The van der Waals surface area contributed by atoms with E-state index < -0.39 is 5.91 Å². The molecule has 0 aliphatic carbocycles. The van der Waals surface area contributed by atoms with Gasteiger partial charge in [-0.3, -0.25) is 4.79 Å². The fraction of sp³-hybridized carbons (Fsp3) is 0.500. The highest BCUT2D eigenvalue weighted by Crippen LogP contribution is 2.21. The van der Waals surface area contributed by atoms with E-state index in [-0.39, 0.29) is 0 Å². The number of carbonyl (C=O) groups excluding carboxylic acids is 1. The van der Waals surface area contributed by atoms with Crippen LogP contribution in [0.25, 0.3) is 0 Å². The molecule has 100 valence electrons. The number of hydrogen-bond donors (Lipinski definition) is 0. The number of nitrogens with zero attached hydrogens (tertiary/aromatic N) is 1. The van der Waals surface area contributed by atoms with Crippen molar-refractivity contribution in [2.45, 2.75) is 51.9 Å². The van der Waals surface area contributed by atoms with Crippen LogP contribution in [0.4, 0.5) is 0 Å². The van der Waals surface area contributed by atoms with Crippen molar-refractivity contribution in [1.82, 2.24) is 0 Å². The quantitative estimate of drug-likeness (QED) is 0.239. The molecule has 0 aromatic carbocycles. The van der Waals surface area contributed by atoms with Crippen molar-refractivity contribution in [1.29, 1.82) is 0 Å². The normalized spacial score (nSPS) is 9.83. The number of amides is 1. The van der Waals surface area contributed by atoms with Gasteiger partial charge in [0.25, 0.3) is 5.91 Å². The van der Waals surface area contributed by atoms with Gasteiger partial charge in [-0.25, -0.2) is 4.99 Å². The Morgan fingerprint density at radius 1 is 0.944 bits per heavy atom. The van der Waals surface area contributed by atoms with Crippen LogP contribution >= 0.6 is 0 Å². The van der Waals surface area contributed by atoms with Crippen molar-refractivity contribution in [3.8, 4) is 0 Å². The Balaban J connectivity index is 3.89. The SMILES string of the molecule is C=NC(=O)C(=C)C(=C)C(=C)CCCCCCCC. The zero-order valence-corrected chi connectivity index (χ0v) is 11.6. The molecule has 0 fully saturated rings. The Hall–Kier alpha value is -1.44. The fourth-order valence-electron chi connectivity index (χ4n) is 1.71. The van der Waals surface area contributed by atoms with Crippen LogP contribution in [0, 0.1) is 0 Å². The standard InChI is InChI=1S/C16H25NO/c1-6-7-8-9-10-11-12-13(2)14(3)15(4)16(18)17-5/h2-12H2,1H3. The van der Waals surface area contributed by atoms with Crippen LogP contribution in [-0.2, 0) is 4.79 Å². The summed E-state index contributed by atoms with van der Waals surface area (Å²) in [6.07, 6.45) is 8.30. The third kappa shape index (κ3) is 6.33. The lowest BCUT2D eigenvalue weighted by atomic mass is 9.96. The summed E-state index contributed by atoms with van der Waals surface area (Å²) in [6.45, 7) is 16.9. The van der Waals surface area contributed by atoms with Gasteiger partial charge in [-0.05, 0) is 30.7 Å². The number of hydrogen-bond acceptors (Lipinski definition) is 1.